The van der Waals surface area contributed by atoms with Crippen molar-refractivity contribution in [3.05, 3.63) is 76.7 Å². The van der Waals surface area contributed by atoms with Crippen molar-refractivity contribution in [1.29, 1.82) is 0 Å². The predicted molar refractivity (Wildman–Crippen MR) is 132 cm³/mol. The van der Waals surface area contributed by atoms with Crippen molar-refractivity contribution in [1.82, 2.24) is 24.6 Å². The van der Waals surface area contributed by atoms with Crippen LogP contribution in [0.2, 0.25) is 0 Å². The Labute approximate surface area is 193 Å². The number of fused-ring (bicyclic) bond motifs is 3. The molecule has 4 aromatic rings. The normalized spacial score (nSPS) is 11.7. The van der Waals surface area contributed by atoms with Crippen LogP contribution in [0.25, 0.3) is 21.8 Å². The Morgan fingerprint density at radius 2 is 1.79 bits per heavy atom. The molecule has 2 aromatic heterocycles. The highest BCUT2D eigenvalue weighted by atomic mass is 16.2. The molecule has 7 heteroatoms. The Kier molecular flexibility index (Phi) is 6.89. The first-order chi connectivity index (χ1) is 16.0. The van der Waals surface area contributed by atoms with E-state index in [-0.39, 0.29) is 18.0 Å². The lowest BCUT2D eigenvalue weighted by molar-refractivity contribution is -0.121. The molecule has 0 unspecified atom stereocenters. The first-order valence-corrected chi connectivity index (χ1v) is 11.4. The second-order valence-corrected chi connectivity index (χ2v) is 8.70. The number of benzene rings is 2. The molecule has 0 saturated heterocycles. The molecule has 2 heterocycles. The minimum Gasteiger partial charge on any atom is -0.354 e. The zero-order chi connectivity index (χ0) is 23.4. The zero-order valence-corrected chi connectivity index (χ0v) is 19.5. The van der Waals surface area contributed by atoms with Gasteiger partial charge in [-0.25, -0.2) is 4.68 Å². The molecule has 0 atom stereocenters. The lowest BCUT2D eigenvalue weighted by Gasteiger charge is -2.26. The molecule has 2 aromatic carbocycles. The molecule has 0 aliphatic heterocycles. The van der Waals surface area contributed by atoms with Crippen molar-refractivity contribution < 1.29 is 4.79 Å². The molecule has 33 heavy (non-hydrogen) atoms. The number of aromatic nitrogens is 3. The monoisotopic (exact) mass is 445 g/mol. The summed E-state index contributed by atoms with van der Waals surface area (Å²) in [6.07, 6.45) is 2.51. The van der Waals surface area contributed by atoms with E-state index in [2.05, 4.69) is 53.4 Å². The third-order valence-electron chi connectivity index (χ3n) is 6.11. The van der Waals surface area contributed by atoms with Gasteiger partial charge in [0.15, 0.2) is 0 Å². The molecule has 0 saturated carbocycles. The number of amides is 1. The van der Waals surface area contributed by atoms with E-state index in [4.69, 9.17) is 0 Å². The van der Waals surface area contributed by atoms with Crippen LogP contribution in [0.15, 0.2) is 65.6 Å². The fraction of sp³-hybridized carbons (Fsp3) is 0.346. The van der Waals surface area contributed by atoms with E-state index in [1.807, 2.05) is 41.9 Å². The smallest absolute Gasteiger partial charge is 0.291 e. The van der Waals surface area contributed by atoms with Gasteiger partial charge in [-0.2, -0.15) is 5.10 Å². The van der Waals surface area contributed by atoms with Crippen LogP contribution in [0.5, 0.6) is 0 Å². The Morgan fingerprint density at radius 1 is 1.06 bits per heavy atom. The topological polar surface area (TPSA) is 72.2 Å². The van der Waals surface area contributed by atoms with Crippen LogP contribution in [0.4, 0.5) is 0 Å². The van der Waals surface area contributed by atoms with Crippen LogP contribution in [-0.2, 0) is 24.9 Å². The minimum atomic E-state index is -0.254. The van der Waals surface area contributed by atoms with Gasteiger partial charge in [0.2, 0.25) is 5.91 Å². The average molecular weight is 446 g/mol. The molecule has 0 bridgehead atoms. The summed E-state index contributed by atoms with van der Waals surface area (Å²) in [4.78, 5) is 27.9. The summed E-state index contributed by atoms with van der Waals surface area (Å²) < 4.78 is 3.11. The number of carbonyl (C=O) groups excluding carboxylic acids is 1. The molecule has 7 nitrogen and oxygen atoms in total. The van der Waals surface area contributed by atoms with Crippen LogP contribution >= 0.6 is 0 Å². The van der Waals surface area contributed by atoms with E-state index in [1.54, 1.807) is 6.20 Å². The van der Waals surface area contributed by atoms with Gasteiger partial charge in [-0.3, -0.25) is 14.5 Å². The van der Waals surface area contributed by atoms with Crippen LogP contribution in [0.3, 0.4) is 0 Å². The van der Waals surface area contributed by atoms with Gasteiger partial charge >= 0.3 is 0 Å². The van der Waals surface area contributed by atoms with E-state index in [1.165, 1.54) is 10.2 Å². The van der Waals surface area contributed by atoms with Gasteiger partial charge in [0.05, 0.1) is 6.20 Å². The maximum absolute atomic E-state index is 13.0. The number of hydrogen-bond acceptors (Lipinski definition) is 4. The van der Waals surface area contributed by atoms with Gasteiger partial charge in [-0.05, 0) is 31.9 Å². The summed E-state index contributed by atoms with van der Waals surface area (Å²) in [5.74, 6) is -0.207. The number of aryl methyl sites for hydroxylation is 1. The van der Waals surface area contributed by atoms with Gasteiger partial charge in [0.1, 0.15) is 12.1 Å². The number of nitrogens with one attached hydrogen (secondary N) is 1. The van der Waals surface area contributed by atoms with Crippen LogP contribution in [0.1, 0.15) is 25.8 Å². The predicted octanol–water partition coefficient (Wildman–Crippen LogP) is 3.31. The Balaban J connectivity index is 1.35. The standard InChI is InChI=1S/C26H31N5O2/c1-19(2)30(17-20-10-5-4-6-11-20)15-9-14-27-24(32)18-31-26(33)25-22(16-28-31)21-12-7-8-13-23(21)29(25)3/h4-8,10-13,16,19H,9,14-15,17-18H2,1-3H3,(H,27,32). The highest BCUT2D eigenvalue weighted by Crippen LogP contribution is 2.24. The second-order valence-electron chi connectivity index (χ2n) is 8.70. The van der Waals surface area contributed by atoms with Gasteiger partial charge in [0, 0.05) is 49.0 Å². The number of rotatable bonds is 9. The number of nitrogens with zero attached hydrogens (tertiary/aromatic N) is 4. The van der Waals surface area contributed by atoms with Crippen LogP contribution in [-0.4, -0.2) is 44.3 Å². The van der Waals surface area contributed by atoms with Gasteiger partial charge in [0.25, 0.3) is 5.56 Å². The minimum absolute atomic E-state index is 0.0891. The van der Waals surface area contributed by atoms with E-state index in [9.17, 15) is 9.59 Å². The van der Waals surface area contributed by atoms with E-state index in [0.717, 1.165) is 35.8 Å². The Hall–Kier alpha value is -3.45. The molecule has 0 fully saturated rings. The van der Waals surface area contributed by atoms with Crippen molar-refractivity contribution in [2.24, 2.45) is 7.05 Å². The van der Waals surface area contributed by atoms with Crippen molar-refractivity contribution >= 4 is 27.7 Å². The Bertz CT molecular complexity index is 1310. The molecular weight excluding hydrogens is 414 g/mol. The lowest BCUT2D eigenvalue weighted by Crippen LogP contribution is -2.36. The van der Waals surface area contributed by atoms with Gasteiger partial charge in [-0.1, -0.05) is 48.5 Å². The largest absolute Gasteiger partial charge is 0.354 e. The van der Waals surface area contributed by atoms with Crippen LogP contribution < -0.4 is 10.9 Å². The summed E-state index contributed by atoms with van der Waals surface area (Å²) in [6.45, 7) is 6.60. The third-order valence-corrected chi connectivity index (χ3v) is 6.11. The van der Waals surface area contributed by atoms with Crippen molar-refractivity contribution in [2.45, 2.75) is 39.4 Å². The highest BCUT2D eigenvalue weighted by Gasteiger charge is 2.15. The zero-order valence-electron chi connectivity index (χ0n) is 19.5. The first-order valence-electron chi connectivity index (χ1n) is 11.4. The molecule has 1 N–H and O–H groups in total. The van der Waals surface area contributed by atoms with E-state index in [0.29, 0.717) is 18.1 Å². The fourth-order valence-corrected chi connectivity index (χ4v) is 4.27. The summed E-state index contributed by atoms with van der Waals surface area (Å²) in [6, 6.07) is 18.7. The Morgan fingerprint density at radius 3 is 2.55 bits per heavy atom. The molecule has 0 radical (unpaired) electrons. The summed E-state index contributed by atoms with van der Waals surface area (Å²) in [7, 11) is 1.87. The van der Waals surface area contributed by atoms with Crippen molar-refractivity contribution in [3.63, 3.8) is 0 Å². The maximum atomic E-state index is 13.0. The van der Waals surface area contributed by atoms with E-state index < -0.39 is 0 Å². The van der Waals surface area contributed by atoms with Gasteiger partial charge in [-0.15, -0.1) is 0 Å². The van der Waals surface area contributed by atoms with Crippen molar-refractivity contribution in [2.75, 3.05) is 13.1 Å². The molecular formula is C26H31N5O2. The average Bonchev–Trinajstić information content (AvgIpc) is 3.11. The highest BCUT2D eigenvalue weighted by molar-refractivity contribution is 6.07. The molecule has 172 valence electrons. The lowest BCUT2D eigenvalue weighted by atomic mass is 10.2. The maximum Gasteiger partial charge on any atom is 0.291 e. The molecule has 1 amide bonds. The number of carbonyl (C=O) groups is 1. The molecule has 0 aliphatic rings. The van der Waals surface area contributed by atoms with Gasteiger partial charge < -0.3 is 9.88 Å². The summed E-state index contributed by atoms with van der Waals surface area (Å²) in [5.41, 5.74) is 2.56. The van der Waals surface area contributed by atoms with Crippen molar-refractivity contribution in [3.8, 4) is 0 Å². The quantitative estimate of drug-likeness (QED) is 0.401. The number of para-hydroxylation sites is 1. The summed E-state index contributed by atoms with van der Waals surface area (Å²) >= 11 is 0. The number of hydrogen-bond donors (Lipinski definition) is 1. The van der Waals surface area contributed by atoms with Crippen LogP contribution in [0, 0.1) is 0 Å². The molecule has 0 aliphatic carbocycles. The molecule has 0 spiro atoms. The second kappa shape index (κ2) is 10.0. The third kappa shape index (κ3) is 4.98. The summed E-state index contributed by atoms with van der Waals surface area (Å²) in [5, 5.41) is 8.99. The fourth-order valence-electron chi connectivity index (χ4n) is 4.27. The van der Waals surface area contributed by atoms with E-state index >= 15 is 0 Å². The SMILES string of the molecule is CC(C)N(CCCNC(=O)Cn1ncc2c3ccccc3n(C)c2c1=O)Cc1ccccc1. The molecule has 4 rings (SSSR count). The first kappa shape index (κ1) is 22.7.